The first-order valence-electron chi connectivity index (χ1n) is 2.11. The first kappa shape index (κ1) is 6.80. The summed E-state index contributed by atoms with van der Waals surface area (Å²) in [6.45, 7) is 0. The highest BCUT2D eigenvalue weighted by atomic mass is 32.2. The van der Waals surface area contributed by atoms with E-state index in [1.165, 1.54) is 5.41 Å². The van der Waals surface area contributed by atoms with Crippen molar-refractivity contribution in [2.75, 3.05) is 0 Å². The van der Waals surface area contributed by atoms with Gasteiger partial charge >= 0.3 is 6.30 Å². The van der Waals surface area contributed by atoms with Gasteiger partial charge in [-0.25, -0.2) is 0 Å². The van der Waals surface area contributed by atoms with Crippen LogP contribution in [0, 0.1) is 5.88 Å². The normalized spacial score (nSPS) is 19.2. The molecular formula is C4H3F3NS. The topological polar surface area (TPSA) is 3.24 Å². The number of thioether (sulfide) groups is 1. The maximum Gasteiger partial charge on any atom is 0.485 e. The molecule has 1 rings (SSSR count). The SMILES string of the molecule is FC(F)(F)N1[CH]SC=C1. The van der Waals surface area contributed by atoms with Crippen molar-refractivity contribution < 1.29 is 13.2 Å². The van der Waals surface area contributed by atoms with Crippen LogP contribution in [0.1, 0.15) is 0 Å². The van der Waals surface area contributed by atoms with E-state index in [1.54, 1.807) is 0 Å². The lowest BCUT2D eigenvalue weighted by molar-refractivity contribution is -0.213. The predicted octanol–water partition coefficient (Wildman–Crippen LogP) is 2.15. The van der Waals surface area contributed by atoms with Crippen LogP contribution in [0.15, 0.2) is 11.6 Å². The summed E-state index contributed by atoms with van der Waals surface area (Å²) >= 11 is 1.01. The lowest BCUT2D eigenvalue weighted by atomic mass is 10.8. The van der Waals surface area contributed by atoms with Crippen LogP contribution >= 0.6 is 11.8 Å². The molecule has 0 saturated heterocycles. The van der Waals surface area contributed by atoms with Crippen LogP contribution in [0.25, 0.3) is 0 Å². The van der Waals surface area contributed by atoms with Gasteiger partial charge < -0.3 is 0 Å². The molecule has 1 aliphatic heterocycles. The fraction of sp³-hybridized carbons (Fsp3) is 0.250. The number of hydrogen-bond donors (Lipinski definition) is 0. The molecule has 51 valence electrons. The Kier molecular flexibility index (Phi) is 1.61. The van der Waals surface area contributed by atoms with Crippen molar-refractivity contribution in [1.29, 1.82) is 0 Å². The summed E-state index contributed by atoms with van der Waals surface area (Å²) < 4.78 is 34.8. The largest absolute Gasteiger partial charge is 0.485 e. The van der Waals surface area contributed by atoms with Gasteiger partial charge in [0.1, 0.15) is 5.88 Å². The van der Waals surface area contributed by atoms with Gasteiger partial charge in [-0.05, 0) is 5.41 Å². The van der Waals surface area contributed by atoms with Crippen molar-refractivity contribution in [1.82, 2.24) is 4.90 Å². The highest BCUT2D eigenvalue weighted by molar-refractivity contribution is 8.04. The molecule has 0 saturated carbocycles. The van der Waals surface area contributed by atoms with Gasteiger partial charge in [0.15, 0.2) is 0 Å². The molecule has 0 amide bonds. The zero-order valence-corrected chi connectivity index (χ0v) is 5.04. The highest BCUT2D eigenvalue weighted by Crippen LogP contribution is 2.31. The summed E-state index contributed by atoms with van der Waals surface area (Å²) in [6, 6.07) is 0. The van der Waals surface area contributed by atoms with E-state index in [1.807, 2.05) is 0 Å². The molecule has 0 aliphatic carbocycles. The van der Waals surface area contributed by atoms with Crippen molar-refractivity contribution in [3.8, 4) is 0 Å². The lowest BCUT2D eigenvalue weighted by Gasteiger charge is -2.16. The van der Waals surface area contributed by atoms with Gasteiger partial charge in [-0.2, -0.15) is 13.2 Å². The van der Waals surface area contributed by atoms with Gasteiger partial charge in [-0.15, -0.1) is 11.8 Å². The van der Waals surface area contributed by atoms with E-state index in [4.69, 9.17) is 0 Å². The summed E-state index contributed by atoms with van der Waals surface area (Å²) in [6.07, 6.45) is -3.27. The first-order chi connectivity index (χ1) is 4.11. The lowest BCUT2D eigenvalue weighted by Crippen LogP contribution is -2.28. The zero-order chi connectivity index (χ0) is 6.91. The smallest absolute Gasteiger partial charge is 0.275 e. The van der Waals surface area contributed by atoms with Crippen molar-refractivity contribution >= 4 is 11.8 Å². The number of hydrogen-bond acceptors (Lipinski definition) is 2. The van der Waals surface area contributed by atoms with Gasteiger partial charge in [0.2, 0.25) is 0 Å². The molecule has 5 heteroatoms. The van der Waals surface area contributed by atoms with Crippen molar-refractivity contribution in [3.63, 3.8) is 0 Å². The fourth-order valence-corrected chi connectivity index (χ4v) is 0.973. The van der Waals surface area contributed by atoms with Gasteiger partial charge in [0.05, 0.1) is 0 Å². The summed E-state index contributed by atoms with van der Waals surface area (Å²) in [7, 11) is 0. The number of nitrogens with zero attached hydrogens (tertiary/aromatic N) is 1. The van der Waals surface area contributed by atoms with E-state index >= 15 is 0 Å². The van der Waals surface area contributed by atoms with Crippen LogP contribution in [0.5, 0.6) is 0 Å². The molecule has 0 spiro atoms. The molecule has 0 aromatic rings. The van der Waals surface area contributed by atoms with E-state index < -0.39 is 6.30 Å². The summed E-state index contributed by atoms with van der Waals surface area (Å²) in [5.74, 6) is 1.00. The molecule has 1 heterocycles. The van der Waals surface area contributed by atoms with E-state index in [9.17, 15) is 13.2 Å². The molecule has 1 nitrogen and oxygen atoms in total. The third-order valence-corrected chi connectivity index (χ3v) is 1.39. The Morgan fingerprint density at radius 1 is 1.33 bits per heavy atom. The van der Waals surface area contributed by atoms with Crippen LogP contribution in [-0.2, 0) is 0 Å². The average Bonchev–Trinajstić information content (AvgIpc) is 2.08. The molecule has 1 aliphatic rings. The van der Waals surface area contributed by atoms with Crippen LogP contribution in [0.4, 0.5) is 13.2 Å². The monoisotopic (exact) mass is 154 g/mol. The van der Waals surface area contributed by atoms with Crippen LogP contribution in [0.2, 0.25) is 0 Å². The number of alkyl halides is 3. The maximum absolute atomic E-state index is 11.6. The van der Waals surface area contributed by atoms with Crippen LogP contribution < -0.4 is 0 Å². The second-order valence-electron chi connectivity index (χ2n) is 1.40. The van der Waals surface area contributed by atoms with E-state index in [0.717, 1.165) is 23.8 Å². The minimum atomic E-state index is -4.25. The Morgan fingerprint density at radius 2 is 2.00 bits per heavy atom. The Morgan fingerprint density at radius 3 is 2.22 bits per heavy atom. The summed E-state index contributed by atoms with van der Waals surface area (Å²) in [5.41, 5.74) is 0. The molecule has 0 atom stereocenters. The van der Waals surface area contributed by atoms with E-state index in [0.29, 0.717) is 0 Å². The van der Waals surface area contributed by atoms with Gasteiger partial charge in [0.25, 0.3) is 0 Å². The zero-order valence-electron chi connectivity index (χ0n) is 4.22. The minimum Gasteiger partial charge on any atom is -0.275 e. The molecule has 9 heavy (non-hydrogen) atoms. The van der Waals surface area contributed by atoms with Crippen LogP contribution in [-0.4, -0.2) is 11.2 Å². The standard InChI is InChI=1S/C4H3F3NS/c5-4(6,7)8-1-2-9-3-8/h1-3H. The highest BCUT2D eigenvalue weighted by Gasteiger charge is 2.36. The second kappa shape index (κ2) is 2.13. The maximum atomic E-state index is 11.6. The molecule has 0 aromatic heterocycles. The molecule has 0 aromatic carbocycles. The van der Waals surface area contributed by atoms with Gasteiger partial charge in [-0.1, -0.05) is 0 Å². The van der Waals surface area contributed by atoms with Gasteiger partial charge in [0, 0.05) is 6.20 Å². The predicted molar refractivity (Wildman–Crippen MR) is 28.9 cm³/mol. The van der Waals surface area contributed by atoms with Crippen molar-refractivity contribution in [2.45, 2.75) is 6.30 Å². The molecular weight excluding hydrogens is 151 g/mol. The molecule has 1 radical (unpaired) electrons. The first-order valence-corrected chi connectivity index (χ1v) is 3.05. The van der Waals surface area contributed by atoms with Crippen molar-refractivity contribution in [3.05, 3.63) is 17.5 Å². The molecule has 0 fully saturated rings. The Hall–Kier alpha value is -0.320. The van der Waals surface area contributed by atoms with E-state index in [2.05, 4.69) is 0 Å². The third-order valence-electron chi connectivity index (χ3n) is 0.767. The van der Waals surface area contributed by atoms with Gasteiger partial charge in [-0.3, -0.25) is 4.90 Å². The Balaban J connectivity index is 2.53. The average molecular weight is 154 g/mol. The molecule has 0 unspecified atom stereocenters. The summed E-state index contributed by atoms with van der Waals surface area (Å²) in [4.78, 5) is 0.206. The third kappa shape index (κ3) is 1.54. The second-order valence-corrected chi connectivity index (χ2v) is 2.16. The number of halogens is 3. The van der Waals surface area contributed by atoms with E-state index in [-0.39, 0.29) is 4.90 Å². The molecule has 0 bridgehead atoms. The number of rotatable bonds is 0. The van der Waals surface area contributed by atoms with Crippen LogP contribution in [0.3, 0.4) is 0 Å². The Labute approximate surface area is 54.5 Å². The quantitative estimate of drug-likeness (QED) is 0.492. The fourth-order valence-electron chi connectivity index (χ4n) is 0.381. The minimum absolute atomic E-state index is 0.206. The summed E-state index contributed by atoms with van der Waals surface area (Å²) in [5, 5.41) is 1.37. The van der Waals surface area contributed by atoms with Crippen molar-refractivity contribution in [2.24, 2.45) is 0 Å². The molecule has 0 N–H and O–H groups in total. The Bertz CT molecular complexity index is 130.